The van der Waals surface area contributed by atoms with Gasteiger partial charge in [-0.1, -0.05) is 6.92 Å². The van der Waals surface area contributed by atoms with Gasteiger partial charge in [0, 0.05) is 19.6 Å². The largest absolute Gasteiger partial charge is 0.317 e. The van der Waals surface area contributed by atoms with Crippen molar-refractivity contribution in [2.75, 3.05) is 32.7 Å². The van der Waals surface area contributed by atoms with Crippen LogP contribution in [0.3, 0.4) is 0 Å². The van der Waals surface area contributed by atoms with E-state index in [1.54, 1.807) is 4.31 Å². The van der Waals surface area contributed by atoms with Gasteiger partial charge >= 0.3 is 0 Å². The van der Waals surface area contributed by atoms with Crippen LogP contribution in [0, 0.1) is 5.41 Å². The molecule has 102 valence electrons. The normalized spacial score (nSPS) is 24.8. The summed E-state index contributed by atoms with van der Waals surface area (Å²) in [6.07, 6.45) is 3.22. The summed E-state index contributed by atoms with van der Waals surface area (Å²) in [4.78, 5) is 0. The summed E-state index contributed by atoms with van der Waals surface area (Å²) in [6.45, 7) is 5.70. The molecule has 0 radical (unpaired) electrons. The molecule has 0 unspecified atom stereocenters. The van der Waals surface area contributed by atoms with Gasteiger partial charge in [0.1, 0.15) is 0 Å². The summed E-state index contributed by atoms with van der Waals surface area (Å²) < 4.78 is 27.9. The second kappa shape index (κ2) is 5.84. The van der Waals surface area contributed by atoms with Gasteiger partial charge in [0.25, 0.3) is 10.2 Å². The molecule has 2 rings (SSSR count). The maximum atomic E-state index is 11.9. The molecule has 0 amide bonds. The van der Waals surface area contributed by atoms with Crippen molar-refractivity contribution in [3.8, 4) is 0 Å². The molecule has 0 aliphatic carbocycles. The Morgan fingerprint density at radius 1 is 1.29 bits per heavy atom. The lowest BCUT2D eigenvalue weighted by Crippen LogP contribution is -2.43. The zero-order chi connectivity index (χ0) is 11.6. The van der Waals surface area contributed by atoms with Crippen LogP contribution in [0.1, 0.15) is 26.2 Å². The van der Waals surface area contributed by atoms with E-state index in [1.807, 2.05) is 6.92 Å². The molecule has 7 heteroatoms. The van der Waals surface area contributed by atoms with Crippen LogP contribution < -0.4 is 10.0 Å². The Labute approximate surface area is 110 Å². The predicted molar refractivity (Wildman–Crippen MR) is 70.6 cm³/mol. The van der Waals surface area contributed by atoms with Crippen molar-refractivity contribution >= 4 is 22.6 Å². The Morgan fingerprint density at radius 2 is 1.94 bits per heavy atom. The third-order valence-corrected chi connectivity index (χ3v) is 5.38. The van der Waals surface area contributed by atoms with Gasteiger partial charge in [-0.2, -0.15) is 12.7 Å². The van der Waals surface area contributed by atoms with Crippen LogP contribution >= 0.6 is 12.4 Å². The molecule has 2 fully saturated rings. The zero-order valence-corrected chi connectivity index (χ0v) is 11.9. The van der Waals surface area contributed by atoms with Crippen molar-refractivity contribution in [2.24, 2.45) is 5.41 Å². The van der Waals surface area contributed by atoms with Crippen LogP contribution in [0.4, 0.5) is 0 Å². The average Bonchev–Trinajstić information content (AvgIpc) is 2.64. The molecule has 1 spiro atoms. The Hall–Kier alpha value is 0.120. The van der Waals surface area contributed by atoms with Crippen molar-refractivity contribution in [3.63, 3.8) is 0 Å². The summed E-state index contributed by atoms with van der Waals surface area (Å²) >= 11 is 0. The van der Waals surface area contributed by atoms with Gasteiger partial charge in [-0.3, -0.25) is 0 Å². The Balaban J connectivity index is 0.00000144. The maximum Gasteiger partial charge on any atom is 0.279 e. The molecular weight excluding hydrogens is 262 g/mol. The lowest BCUT2D eigenvalue weighted by Gasteiger charge is -2.33. The highest BCUT2D eigenvalue weighted by Crippen LogP contribution is 2.39. The Bertz CT molecular complexity index is 341. The highest BCUT2D eigenvalue weighted by molar-refractivity contribution is 7.87. The van der Waals surface area contributed by atoms with Crippen molar-refractivity contribution in [1.29, 1.82) is 0 Å². The molecule has 0 aromatic heterocycles. The molecule has 2 N–H and O–H groups in total. The van der Waals surface area contributed by atoms with E-state index in [1.165, 1.54) is 0 Å². The minimum Gasteiger partial charge on any atom is -0.317 e. The van der Waals surface area contributed by atoms with Crippen molar-refractivity contribution < 1.29 is 8.42 Å². The van der Waals surface area contributed by atoms with Gasteiger partial charge in [-0.05, 0) is 37.8 Å². The smallest absolute Gasteiger partial charge is 0.279 e. The number of halogens is 1. The van der Waals surface area contributed by atoms with E-state index in [0.29, 0.717) is 19.6 Å². The highest BCUT2D eigenvalue weighted by Gasteiger charge is 2.42. The molecule has 0 atom stereocenters. The van der Waals surface area contributed by atoms with E-state index in [4.69, 9.17) is 0 Å². The van der Waals surface area contributed by atoms with Gasteiger partial charge in [-0.25, -0.2) is 4.72 Å². The van der Waals surface area contributed by atoms with Crippen LogP contribution in [0.2, 0.25) is 0 Å². The molecule has 2 heterocycles. The van der Waals surface area contributed by atoms with Gasteiger partial charge < -0.3 is 5.32 Å². The lowest BCUT2D eigenvalue weighted by atomic mass is 9.78. The van der Waals surface area contributed by atoms with Crippen LogP contribution in [0.25, 0.3) is 0 Å². The summed E-state index contributed by atoms with van der Waals surface area (Å²) in [5.74, 6) is 0. The Morgan fingerprint density at radius 3 is 2.53 bits per heavy atom. The number of nitrogens with one attached hydrogen (secondary N) is 2. The van der Waals surface area contributed by atoms with E-state index in [9.17, 15) is 8.42 Å². The number of piperidine rings is 1. The number of hydrogen-bond donors (Lipinski definition) is 2. The SMILES string of the molecule is CCNS(=O)(=O)N1CCC2(CCNCC2)C1.Cl. The molecule has 0 aromatic rings. The van der Waals surface area contributed by atoms with Gasteiger partial charge in [0.05, 0.1) is 0 Å². The second-order valence-corrected chi connectivity index (χ2v) is 6.59. The van der Waals surface area contributed by atoms with E-state index in [2.05, 4.69) is 10.0 Å². The maximum absolute atomic E-state index is 11.9. The topological polar surface area (TPSA) is 61.4 Å². The fraction of sp³-hybridized carbons (Fsp3) is 1.00. The third-order valence-electron chi connectivity index (χ3n) is 3.73. The first-order valence-electron chi connectivity index (χ1n) is 6.03. The first-order valence-corrected chi connectivity index (χ1v) is 7.47. The van der Waals surface area contributed by atoms with Crippen LogP contribution in [0.15, 0.2) is 0 Å². The number of rotatable bonds is 3. The van der Waals surface area contributed by atoms with Crippen molar-refractivity contribution in [2.45, 2.75) is 26.2 Å². The molecule has 2 aliphatic rings. The Kier molecular flexibility index (Phi) is 5.21. The van der Waals surface area contributed by atoms with E-state index in [0.717, 1.165) is 32.4 Å². The third kappa shape index (κ3) is 3.32. The van der Waals surface area contributed by atoms with E-state index >= 15 is 0 Å². The quantitative estimate of drug-likeness (QED) is 0.785. The van der Waals surface area contributed by atoms with Gasteiger partial charge in [-0.15, -0.1) is 12.4 Å². The highest BCUT2D eigenvalue weighted by atomic mass is 35.5. The van der Waals surface area contributed by atoms with E-state index in [-0.39, 0.29) is 17.8 Å². The summed E-state index contributed by atoms with van der Waals surface area (Å²) in [7, 11) is -3.22. The van der Waals surface area contributed by atoms with Crippen LogP contribution in [0.5, 0.6) is 0 Å². The zero-order valence-electron chi connectivity index (χ0n) is 10.2. The van der Waals surface area contributed by atoms with Crippen LogP contribution in [-0.2, 0) is 10.2 Å². The predicted octanol–water partition coefficient (Wildman–Crippen LogP) is 0.338. The number of hydrogen-bond acceptors (Lipinski definition) is 3. The van der Waals surface area contributed by atoms with Gasteiger partial charge in [0.15, 0.2) is 0 Å². The van der Waals surface area contributed by atoms with Crippen molar-refractivity contribution in [1.82, 2.24) is 14.3 Å². The minimum atomic E-state index is -3.22. The monoisotopic (exact) mass is 283 g/mol. The molecule has 0 saturated carbocycles. The summed E-state index contributed by atoms with van der Waals surface area (Å²) in [6, 6.07) is 0. The second-order valence-electron chi connectivity index (χ2n) is 4.84. The molecule has 2 saturated heterocycles. The fourth-order valence-corrected chi connectivity index (χ4v) is 4.06. The molecule has 17 heavy (non-hydrogen) atoms. The molecule has 0 aromatic carbocycles. The lowest BCUT2D eigenvalue weighted by molar-refractivity contribution is 0.218. The minimum absolute atomic E-state index is 0. The molecule has 2 aliphatic heterocycles. The first kappa shape index (κ1) is 15.2. The number of nitrogens with zero attached hydrogens (tertiary/aromatic N) is 1. The standard InChI is InChI=1S/C10H21N3O2S.ClH/c1-2-12-16(14,15)13-8-5-10(9-13)3-6-11-7-4-10;/h11-12H,2-9H2,1H3;1H. The summed E-state index contributed by atoms with van der Waals surface area (Å²) in [5.41, 5.74) is 0.244. The van der Waals surface area contributed by atoms with Crippen LogP contribution in [-0.4, -0.2) is 45.4 Å². The van der Waals surface area contributed by atoms with Gasteiger partial charge in [0.2, 0.25) is 0 Å². The van der Waals surface area contributed by atoms with Crippen molar-refractivity contribution in [3.05, 3.63) is 0 Å². The average molecular weight is 284 g/mol. The fourth-order valence-electron chi connectivity index (χ4n) is 2.74. The molecule has 5 nitrogen and oxygen atoms in total. The summed E-state index contributed by atoms with van der Waals surface area (Å²) in [5, 5.41) is 3.33. The van der Waals surface area contributed by atoms with E-state index < -0.39 is 10.2 Å². The first-order chi connectivity index (χ1) is 7.58. The molecular formula is C10H22ClN3O2S. The molecule has 0 bridgehead atoms.